The summed E-state index contributed by atoms with van der Waals surface area (Å²) in [4.78, 5) is 2.92. The Morgan fingerprint density at radius 3 is 2.67 bits per heavy atom. The monoisotopic (exact) mass is 269 g/mol. The predicted molar refractivity (Wildman–Crippen MR) is 73.4 cm³/mol. The maximum Gasteiger partial charge on any atom is 0.136 e. The number of β-amino-alcohol motifs (C(OH)–C–C–N with tert-alkyl or cyclic N) is 1. The lowest BCUT2D eigenvalue weighted by Gasteiger charge is -2.49. The maximum atomic E-state index is 13.4. The number of nitrogens with zero attached hydrogens (tertiary/aromatic N) is 1. The van der Waals surface area contributed by atoms with E-state index < -0.39 is 5.60 Å². The molecule has 0 bridgehead atoms. The zero-order valence-corrected chi connectivity index (χ0v) is 11.7. The van der Waals surface area contributed by atoms with Crippen LogP contribution >= 0.6 is 11.8 Å². The Kier molecular flexibility index (Phi) is 4.30. The minimum absolute atomic E-state index is 0.148. The van der Waals surface area contributed by atoms with Crippen molar-refractivity contribution in [1.29, 1.82) is 0 Å². The van der Waals surface area contributed by atoms with Crippen LogP contribution in [0.5, 0.6) is 0 Å². The average molecular weight is 269 g/mol. The van der Waals surface area contributed by atoms with Crippen LogP contribution in [0.15, 0.2) is 29.2 Å². The van der Waals surface area contributed by atoms with Crippen LogP contribution in [-0.2, 0) is 0 Å². The maximum absolute atomic E-state index is 13.4. The molecule has 0 aromatic heterocycles. The Hall–Kier alpha value is -0.580. The van der Waals surface area contributed by atoms with Crippen molar-refractivity contribution in [3.63, 3.8) is 0 Å². The van der Waals surface area contributed by atoms with Crippen LogP contribution in [-0.4, -0.2) is 41.0 Å². The summed E-state index contributed by atoms with van der Waals surface area (Å²) in [5.74, 6) is 1.01. The smallest absolute Gasteiger partial charge is 0.136 e. The molecule has 2 rings (SSSR count). The van der Waals surface area contributed by atoms with E-state index >= 15 is 0 Å². The molecule has 0 radical (unpaired) electrons. The van der Waals surface area contributed by atoms with Crippen molar-refractivity contribution in [3.05, 3.63) is 30.1 Å². The summed E-state index contributed by atoms with van der Waals surface area (Å²) >= 11 is 1.53. The summed E-state index contributed by atoms with van der Waals surface area (Å²) in [6.45, 7) is 6.47. The van der Waals surface area contributed by atoms with Crippen molar-refractivity contribution in [3.8, 4) is 0 Å². The molecule has 1 saturated heterocycles. The molecule has 1 N–H and O–H groups in total. The van der Waals surface area contributed by atoms with Crippen molar-refractivity contribution < 1.29 is 9.50 Å². The molecule has 1 aliphatic rings. The van der Waals surface area contributed by atoms with Gasteiger partial charge in [-0.3, -0.25) is 4.90 Å². The summed E-state index contributed by atoms with van der Waals surface area (Å²) in [5, 5.41) is 10.1. The van der Waals surface area contributed by atoms with Crippen LogP contribution in [0.4, 0.5) is 4.39 Å². The quantitative estimate of drug-likeness (QED) is 0.831. The molecule has 1 aromatic rings. The van der Waals surface area contributed by atoms with Gasteiger partial charge in [0.15, 0.2) is 0 Å². The third-order valence-corrected chi connectivity index (χ3v) is 4.60. The highest BCUT2D eigenvalue weighted by Crippen LogP contribution is 2.29. The van der Waals surface area contributed by atoms with Crippen molar-refractivity contribution >= 4 is 11.8 Å². The SMILES string of the molecule is CC(C)C1(O)CN(CCSc2ccccc2F)C1. The Morgan fingerprint density at radius 2 is 2.06 bits per heavy atom. The van der Waals surface area contributed by atoms with Crippen LogP contribution in [0.1, 0.15) is 13.8 Å². The molecule has 0 amide bonds. The Balaban J connectivity index is 1.71. The zero-order chi connectivity index (χ0) is 13.2. The lowest BCUT2D eigenvalue weighted by atomic mass is 9.83. The third kappa shape index (κ3) is 3.05. The van der Waals surface area contributed by atoms with E-state index in [-0.39, 0.29) is 5.82 Å². The second kappa shape index (κ2) is 5.59. The third-order valence-electron chi connectivity index (χ3n) is 3.57. The van der Waals surface area contributed by atoms with E-state index in [1.54, 1.807) is 12.1 Å². The first kappa shape index (κ1) is 13.8. The Morgan fingerprint density at radius 1 is 1.39 bits per heavy atom. The second-order valence-corrected chi connectivity index (χ2v) is 6.38. The summed E-state index contributed by atoms with van der Waals surface area (Å²) in [7, 11) is 0. The molecular weight excluding hydrogens is 249 g/mol. The van der Waals surface area contributed by atoms with Gasteiger partial charge in [0.25, 0.3) is 0 Å². The van der Waals surface area contributed by atoms with Gasteiger partial charge in [0.05, 0.1) is 5.60 Å². The number of hydrogen-bond acceptors (Lipinski definition) is 3. The van der Waals surface area contributed by atoms with Gasteiger partial charge in [-0.15, -0.1) is 11.8 Å². The summed E-state index contributed by atoms with van der Waals surface area (Å²) in [5.41, 5.74) is -0.511. The molecule has 18 heavy (non-hydrogen) atoms. The average Bonchev–Trinajstić information content (AvgIpc) is 2.28. The Labute approximate surface area is 112 Å². The van der Waals surface area contributed by atoms with E-state index in [0.717, 1.165) is 25.4 Å². The van der Waals surface area contributed by atoms with Crippen LogP contribution in [0.25, 0.3) is 0 Å². The van der Waals surface area contributed by atoms with Gasteiger partial charge in [0.2, 0.25) is 0 Å². The highest BCUT2D eigenvalue weighted by molar-refractivity contribution is 7.99. The molecule has 0 aliphatic carbocycles. The van der Waals surface area contributed by atoms with Crippen LogP contribution in [0, 0.1) is 11.7 Å². The highest BCUT2D eigenvalue weighted by atomic mass is 32.2. The summed E-state index contributed by atoms with van der Waals surface area (Å²) in [6.07, 6.45) is 0. The minimum atomic E-state index is -0.511. The Bertz CT molecular complexity index is 405. The summed E-state index contributed by atoms with van der Waals surface area (Å²) < 4.78 is 13.4. The van der Waals surface area contributed by atoms with Crippen molar-refractivity contribution in [2.45, 2.75) is 24.3 Å². The zero-order valence-electron chi connectivity index (χ0n) is 10.9. The first-order valence-corrected chi connectivity index (χ1v) is 7.32. The number of hydrogen-bond donors (Lipinski definition) is 1. The molecule has 2 nitrogen and oxygen atoms in total. The van der Waals surface area contributed by atoms with E-state index in [9.17, 15) is 9.50 Å². The first-order valence-electron chi connectivity index (χ1n) is 6.33. The standard InChI is InChI=1S/C14H20FNOS/c1-11(2)14(17)9-16(10-14)7-8-18-13-6-4-3-5-12(13)15/h3-6,11,17H,7-10H2,1-2H3. The highest BCUT2D eigenvalue weighted by Gasteiger charge is 2.42. The van der Waals surface area contributed by atoms with Crippen LogP contribution in [0.3, 0.4) is 0 Å². The molecule has 1 aromatic carbocycles. The number of likely N-dealkylation sites (tertiary alicyclic amines) is 1. The fraction of sp³-hybridized carbons (Fsp3) is 0.571. The van der Waals surface area contributed by atoms with Gasteiger partial charge in [0.1, 0.15) is 5.82 Å². The topological polar surface area (TPSA) is 23.5 Å². The van der Waals surface area contributed by atoms with Gasteiger partial charge in [-0.25, -0.2) is 4.39 Å². The second-order valence-electron chi connectivity index (χ2n) is 5.25. The lowest BCUT2D eigenvalue weighted by Crippen LogP contribution is -2.64. The number of benzene rings is 1. The molecule has 0 spiro atoms. The minimum Gasteiger partial charge on any atom is -0.387 e. The largest absolute Gasteiger partial charge is 0.387 e. The van der Waals surface area contributed by atoms with E-state index in [1.807, 2.05) is 19.9 Å². The molecule has 0 unspecified atom stereocenters. The van der Waals surface area contributed by atoms with Gasteiger partial charge in [-0.2, -0.15) is 0 Å². The van der Waals surface area contributed by atoms with E-state index in [0.29, 0.717) is 10.8 Å². The molecule has 1 fully saturated rings. The van der Waals surface area contributed by atoms with Gasteiger partial charge in [-0.1, -0.05) is 26.0 Å². The molecular formula is C14H20FNOS. The van der Waals surface area contributed by atoms with Crippen molar-refractivity contribution in [2.24, 2.45) is 5.92 Å². The number of halogens is 1. The molecule has 0 saturated carbocycles. The van der Waals surface area contributed by atoms with Crippen LogP contribution in [0.2, 0.25) is 0 Å². The van der Waals surface area contributed by atoms with E-state index in [2.05, 4.69) is 4.90 Å². The first-order chi connectivity index (χ1) is 8.51. The fourth-order valence-corrected chi connectivity index (χ4v) is 3.05. The number of aliphatic hydroxyl groups is 1. The van der Waals surface area contributed by atoms with Crippen molar-refractivity contribution in [2.75, 3.05) is 25.4 Å². The fourth-order valence-electron chi connectivity index (χ4n) is 2.10. The lowest BCUT2D eigenvalue weighted by molar-refractivity contribution is -0.125. The van der Waals surface area contributed by atoms with Crippen molar-refractivity contribution in [1.82, 2.24) is 4.90 Å². The molecule has 1 heterocycles. The molecule has 4 heteroatoms. The molecule has 1 aliphatic heterocycles. The number of thioether (sulfide) groups is 1. The van der Waals surface area contributed by atoms with E-state index in [4.69, 9.17) is 0 Å². The van der Waals surface area contributed by atoms with E-state index in [1.165, 1.54) is 17.8 Å². The molecule has 0 atom stereocenters. The normalized spacial score (nSPS) is 18.9. The molecule has 100 valence electrons. The van der Waals surface area contributed by atoms with Crippen LogP contribution < -0.4 is 0 Å². The van der Waals surface area contributed by atoms with Gasteiger partial charge in [-0.05, 0) is 18.1 Å². The predicted octanol–water partition coefficient (Wildman–Crippen LogP) is 2.62. The van der Waals surface area contributed by atoms with Gasteiger partial charge < -0.3 is 5.11 Å². The van der Waals surface area contributed by atoms with Gasteiger partial charge in [0, 0.05) is 30.3 Å². The number of rotatable bonds is 5. The summed E-state index contributed by atoms with van der Waals surface area (Å²) in [6, 6.07) is 6.86. The van der Waals surface area contributed by atoms with Gasteiger partial charge >= 0.3 is 0 Å².